The summed E-state index contributed by atoms with van der Waals surface area (Å²) in [6.07, 6.45) is 3.62. The summed E-state index contributed by atoms with van der Waals surface area (Å²) in [5, 5.41) is 8.85. The average Bonchev–Trinajstić information content (AvgIpc) is 2.57. The van der Waals surface area contributed by atoms with Crippen molar-refractivity contribution in [2.75, 3.05) is 13.1 Å². The molecule has 0 radical (unpaired) electrons. The van der Waals surface area contributed by atoms with E-state index in [0.29, 0.717) is 17.7 Å². The van der Waals surface area contributed by atoms with E-state index in [1.165, 1.54) is 31.4 Å². The fourth-order valence-corrected chi connectivity index (χ4v) is 2.49. The molecule has 1 atom stereocenters. The van der Waals surface area contributed by atoms with Crippen LogP contribution in [-0.4, -0.2) is 18.0 Å². The Hall–Kier alpha value is -1.40. The van der Waals surface area contributed by atoms with Gasteiger partial charge in [-0.2, -0.15) is 5.26 Å². The Balaban J connectivity index is 2.06. The Bertz CT molecular complexity index is 450. The van der Waals surface area contributed by atoms with Gasteiger partial charge in [-0.1, -0.05) is 6.92 Å². The lowest BCUT2D eigenvalue weighted by Crippen LogP contribution is -2.24. The first-order chi connectivity index (χ1) is 8.69. The second-order valence-electron chi connectivity index (χ2n) is 5.23. The molecule has 1 heterocycles. The molecule has 0 N–H and O–H groups in total. The second kappa shape index (κ2) is 5.97. The van der Waals surface area contributed by atoms with Gasteiger partial charge in [-0.15, -0.1) is 0 Å². The quantitative estimate of drug-likeness (QED) is 0.800. The standard InChI is InChI=1S/C15H19FN2/c1-12-3-2-7-18(8-6-12)11-14-9-13(10-17)4-5-15(14)16/h4-5,9,12H,2-3,6-8,11H2,1H3. The van der Waals surface area contributed by atoms with Crippen molar-refractivity contribution < 1.29 is 4.39 Å². The van der Waals surface area contributed by atoms with Crippen LogP contribution in [0.4, 0.5) is 4.39 Å². The van der Waals surface area contributed by atoms with E-state index in [2.05, 4.69) is 17.9 Å². The molecule has 1 saturated heterocycles. The molecule has 1 aromatic rings. The maximum absolute atomic E-state index is 13.7. The van der Waals surface area contributed by atoms with Crippen LogP contribution < -0.4 is 0 Å². The first kappa shape index (κ1) is 13.0. The van der Waals surface area contributed by atoms with Crippen LogP contribution in [0.1, 0.15) is 37.3 Å². The summed E-state index contributed by atoms with van der Waals surface area (Å²) in [6.45, 7) is 4.95. The fourth-order valence-electron chi connectivity index (χ4n) is 2.49. The highest BCUT2D eigenvalue weighted by molar-refractivity contribution is 5.33. The minimum atomic E-state index is -0.203. The smallest absolute Gasteiger partial charge is 0.127 e. The van der Waals surface area contributed by atoms with Gasteiger partial charge in [0.05, 0.1) is 11.6 Å². The first-order valence-corrected chi connectivity index (χ1v) is 6.60. The third kappa shape index (κ3) is 3.30. The number of likely N-dealkylation sites (tertiary alicyclic amines) is 1. The van der Waals surface area contributed by atoms with Crippen LogP contribution in [0.25, 0.3) is 0 Å². The van der Waals surface area contributed by atoms with Crippen LogP contribution in [0, 0.1) is 23.1 Å². The highest BCUT2D eigenvalue weighted by atomic mass is 19.1. The number of benzene rings is 1. The predicted molar refractivity (Wildman–Crippen MR) is 69.4 cm³/mol. The summed E-state index contributed by atoms with van der Waals surface area (Å²) in [6, 6.07) is 6.66. The molecule has 0 bridgehead atoms. The van der Waals surface area contributed by atoms with Crippen molar-refractivity contribution in [2.45, 2.75) is 32.7 Å². The molecular formula is C15H19FN2. The van der Waals surface area contributed by atoms with Gasteiger partial charge in [-0.3, -0.25) is 4.90 Å². The van der Waals surface area contributed by atoms with Crippen molar-refractivity contribution in [1.29, 1.82) is 5.26 Å². The molecule has 18 heavy (non-hydrogen) atoms. The lowest BCUT2D eigenvalue weighted by Gasteiger charge is -2.20. The first-order valence-electron chi connectivity index (χ1n) is 6.60. The summed E-state index contributed by atoms with van der Waals surface area (Å²) in [7, 11) is 0. The fraction of sp³-hybridized carbons (Fsp3) is 0.533. The SMILES string of the molecule is CC1CCCN(Cc2cc(C#N)ccc2F)CC1. The highest BCUT2D eigenvalue weighted by Gasteiger charge is 2.15. The van der Waals surface area contributed by atoms with Crippen molar-refractivity contribution in [2.24, 2.45) is 5.92 Å². The zero-order valence-corrected chi connectivity index (χ0v) is 10.8. The minimum Gasteiger partial charge on any atom is -0.299 e. The largest absolute Gasteiger partial charge is 0.299 e. The molecule has 0 amide bonds. The van der Waals surface area contributed by atoms with Crippen molar-refractivity contribution in [1.82, 2.24) is 4.90 Å². The lowest BCUT2D eigenvalue weighted by atomic mass is 10.0. The number of hydrogen-bond donors (Lipinski definition) is 0. The van der Waals surface area contributed by atoms with Gasteiger partial charge >= 0.3 is 0 Å². The zero-order chi connectivity index (χ0) is 13.0. The van der Waals surface area contributed by atoms with Crippen LogP contribution in [0.5, 0.6) is 0 Å². The Labute approximate surface area is 108 Å². The van der Waals surface area contributed by atoms with Crippen molar-refractivity contribution >= 4 is 0 Å². The molecule has 96 valence electrons. The lowest BCUT2D eigenvalue weighted by molar-refractivity contribution is 0.270. The summed E-state index contributed by atoms with van der Waals surface area (Å²) in [5.41, 5.74) is 1.18. The Morgan fingerprint density at radius 2 is 2.22 bits per heavy atom. The van der Waals surface area contributed by atoms with Gasteiger partial charge in [0.2, 0.25) is 0 Å². The van der Waals surface area contributed by atoms with Crippen molar-refractivity contribution in [3.63, 3.8) is 0 Å². The summed E-state index contributed by atoms with van der Waals surface area (Å²) < 4.78 is 13.7. The maximum Gasteiger partial charge on any atom is 0.127 e. The van der Waals surface area contributed by atoms with E-state index in [1.807, 2.05) is 0 Å². The molecule has 2 nitrogen and oxygen atoms in total. The molecule has 2 rings (SSSR count). The van der Waals surface area contributed by atoms with Gasteiger partial charge in [0.25, 0.3) is 0 Å². The third-order valence-electron chi connectivity index (χ3n) is 3.68. The Kier molecular flexibility index (Phi) is 4.33. The van der Waals surface area contributed by atoms with E-state index < -0.39 is 0 Å². The van der Waals surface area contributed by atoms with E-state index in [0.717, 1.165) is 19.0 Å². The maximum atomic E-state index is 13.7. The van der Waals surface area contributed by atoms with E-state index in [9.17, 15) is 4.39 Å². The molecule has 1 fully saturated rings. The summed E-state index contributed by atoms with van der Waals surface area (Å²) in [5.74, 6) is 0.566. The summed E-state index contributed by atoms with van der Waals surface area (Å²) in [4.78, 5) is 2.29. The molecule has 0 aliphatic carbocycles. The summed E-state index contributed by atoms with van der Waals surface area (Å²) >= 11 is 0. The number of hydrogen-bond acceptors (Lipinski definition) is 2. The predicted octanol–water partition coefficient (Wildman–Crippen LogP) is 3.32. The van der Waals surface area contributed by atoms with Crippen molar-refractivity contribution in [3.8, 4) is 6.07 Å². The molecule has 0 spiro atoms. The van der Waals surface area contributed by atoms with Gasteiger partial charge in [0.15, 0.2) is 0 Å². The third-order valence-corrected chi connectivity index (χ3v) is 3.68. The van der Waals surface area contributed by atoms with Gasteiger partial charge in [0, 0.05) is 12.1 Å². The molecule has 1 aromatic carbocycles. The molecular weight excluding hydrogens is 227 g/mol. The zero-order valence-electron chi connectivity index (χ0n) is 10.8. The minimum absolute atomic E-state index is 0.203. The van der Waals surface area contributed by atoms with Gasteiger partial charge < -0.3 is 0 Å². The highest BCUT2D eigenvalue weighted by Crippen LogP contribution is 2.19. The number of rotatable bonds is 2. The average molecular weight is 246 g/mol. The molecule has 1 aliphatic heterocycles. The number of nitrogens with zero attached hydrogens (tertiary/aromatic N) is 2. The molecule has 3 heteroatoms. The van der Waals surface area contributed by atoms with E-state index in [4.69, 9.17) is 5.26 Å². The number of halogens is 1. The van der Waals surface area contributed by atoms with Crippen LogP contribution >= 0.6 is 0 Å². The van der Waals surface area contributed by atoms with E-state index >= 15 is 0 Å². The van der Waals surface area contributed by atoms with E-state index in [1.54, 1.807) is 6.07 Å². The van der Waals surface area contributed by atoms with E-state index in [-0.39, 0.29) is 5.82 Å². The van der Waals surface area contributed by atoms with Crippen LogP contribution in [0.15, 0.2) is 18.2 Å². The second-order valence-corrected chi connectivity index (χ2v) is 5.23. The molecule has 1 aliphatic rings. The van der Waals surface area contributed by atoms with Gasteiger partial charge in [-0.05, 0) is 56.5 Å². The monoisotopic (exact) mass is 246 g/mol. The molecule has 0 aromatic heterocycles. The Morgan fingerprint density at radius 3 is 3.00 bits per heavy atom. The van der Waals surface area contributed by atoms with Crippen LogP contribution in [0.2, 0.25) is 0 Å². The number of nitriles is 1. The van der Waals surface area contributed by atoms with Crippen molar-refractivity contribution in [3.05, 3.63) is 35.1 Å². The van der Waals surface area contributed by atoms with Gasteiger partial charge in [-0.25, -0.2) is 4.39 Å². The topological polar surface area (TPSA) is 27.0 Å². The molecule has 0 saturated carbocycles. The van der Waals surface area contributed by atoms with Crippen LogP contribution in [-0.2, 0) is 6.54 Å². The molecule has 1 unspecified atom stereocenters. The normalized spacial score (nSPS) is 21.3. The Morgan fingerprint density at radius 1 is 1.39 bits per heavy atom. The van der Waals surface area contributed by atoms with Crippen LogP contribution in [0.3, 0.4) is 0 Å². The van der Waals surface area contributed by atoms with Gasteiger partial charge in [0.1, 0.15) is 5.82 Å².